The van der Waals surface area contributed by atoms with E-state index in [2.05, 4.69) is 13.5 Å². The fourth-order valence-electron chi connectivity index (χ4n) is 2.90. The first-order valence-electron chi connectivity index (χ1n) is 9.35. The zero-order chi connectivity index (χ0) is 17.9. The van der Waals surface area contributed by atoms with Crippen LogP contribution in [0.2, 0.25) is 0 Å². The van der Waals surface area contributed by atoms with E-state index in [-0.39, 0.29) is 5.75 Å². The monoisotopic (exact) mass is 330 g/mol. The van der Waals surface area contributed by atoms with Crippen molar-refractivity contribution in [1.82, 2.24) is 0 Å². The Labute approximate surface area is 147 Å². The van der Waals surface area contributed by atoms with Crippen LogP contribution < -0.4 is 0 Å². The van der Waals surface area contributed by atoms with Gasteiger partial charge in [0.15, 0.2) is 0 Å². The number of benzene rings is 1. The molecule has 134 valence electrons. The first kappa shape index (κ1) is 20.3. The molecule has 0 saturated heterocycles. The molecular weight excluding hydrogens is 296 g/mol. The molecule has 0 amide bonds. The molecule has 0 aliphatic carbocycles. The van der Waals surface area contributed by atoms with Gasteiger partial charge in [-0.25, -0.2) is 0 Å². The molecule has 2 heteroatoms. The van der Waals surface area contributed by atoms with Gasteiger partial charge in [0.05, 0.1) is 0 Å². The van der Waals surface area contributed by atoms with Gasteiger partial charge >= 0.3 is 0 Å². The fourth-order valence-corrected chi connectivity index (χ4v) is 2.90. The molecule has 0 saturated carbocycles. The second kappa shape index (κ2) is 11.0. The van der Waals surface area contributed by atoms with Gasteiger partial charge in [-0.05, 0) is 38.3 Å². The lowest BCUT2D eigenvalue weighted by Crippen LogP contribution is -1.93. The van der Waals surface area contributed by atoms with E-state index in [1.807, 2.05) is 26.0 Å². The summed E-state index contributed by atoms with van der Waals surface area (Å²) >= 11 is 0. The van der Waals surface area contributed by atoms with Crippen LogP contribution in [-0.4, -0.2) is 10.2 Å². The molecular formula is C22H34O2. The lowest BCUT2D eigenvalue weighted by Gasteiger charge is -2.12. The van der Waals surface area contributed by atoms with Gasteiger partial charge in [0.2, 0.25) is 0 Å². The Hall–Kier alpha value is -1.70. The minimum absolute atomic E-state index is 0.253. The van der Waals surface area contributed by atoms with Gasteiger partial charge in [0.25, 0.3) is 0 Å². The van der Waals surface area contributed by atoms with Crippen LogP contribution in [0.1, 0.15) is 81.9 Å². The van der Waals surface area contributed by atoms with E-state index in [1.54, 1.807) is 6.07 Å². The van der Waals surface area contributed by atoms with Crippen LogP contribution in [0.5, 0.6) is 11.5 Å². The quantitative estimate of drug-likeness (QED) is 0.270. The van der Waals surface area contributed by atoms with Crippen LogP contribution in [0.15, 0.2) is 24.3 Å². The van der Waals surface area contributed by atoms with Crippen molar-refractivity contribution < 1.29 is 10.2 Å². The highest BCUT2D eigenvalue weighted by Gasteiger charge is 2.12. The van der Waals surface area contributed by atoms with Gasteiger partial charge in [-0.1, -0.05) is 76.2 Å². The summed E-state index contributed by atoms with van der Waals surface area (Å²) in [6.07, 6.45) is 14.6. The molecule has 1 aromatic rings. The predicted octanol–water partition coefficient (Wildman–Crippen LogP) is 6.68. The molecule has 0 heterocycles. The molecule has 0 radical (unpaired) electrons. The highest BCUT2D eigenvalue weighted by Crippen LogP contribution is 2.34. The number of hydrogen-bond donors (Lipinski definition) is 2. The van der Waals surface area contributed by atoms with Crippen LogP contribution in [0, 0.1) is 6.92 Å². The smallest absolute Gasteiger partial charge is 0.126 e. The van der Waals surface area contributed by atoms with Crippen molar-refractivity contribution in [2.75, 3.05) is 0 Å². The maximum atomic E-state index is 10.5. The van der Waals surface area contributed by atoms with Crippen molar-refractivity contribution >= 4 is 6.08 Å². The summed E-state index contributed by atoms with van der Waals surface area (Å²) in [6, 6.07) is 1.71. The SMILES string of the molecule is C=C(C)C=Cc1c(C)c(O)cc(CCCCCCCCCC)c1O. The van der Waals surface area contributed by atoms with E-state index in [1.165, 1.54) is 44.9 Å². The molecule has 1 rings (SSSR count). The van der Waals surface area contributed by atoms with Gasteiger partial charge in [-0.3, -0.25) is 0 Å². The lowest BCUT2D eigenvalue weighted by atomic mass is 9.97. The number of allylic oxidation sites excluding steroid dienone is 2. The first-order valence-corrected chi connectivity index (χ1v) is 9.35. The van der Waals surface area contributed by atoms with Crippen molar-refractivity contribution in [2.45, 2.75) is 78.6 Å². The molecule has 0 aliphatic rings. The number of aryl methyl sites for hydroxylation is 1. The number of aromatic hydroxyl groups is 2. The Morgan fingerprint density at radius 1 is 1.04 bits per heavy atom. The maximum Gasteiger partial charge on any atom is 0.126 e. The van der Waals surface area contributed by atoms with Crippen LogP contribution >= 0.6 is 0 Å². The summed E-state index contributed by atoms with van der Waals surface area (Å²) in [5.41, 5.74) is 3.17. The second-order valence-electron chi connectivity index (χ2n) is 6.85. The number of unbranched alkanes of at least 4 members (excludes halogenated alkanes) is 7. The third kappa shape index (κ3) is 6.82. The Morgan fingerprint density at radius 2 is 1.62 bits per heavy atom. The molecule has 0 aliphatic heterocycles. The van der Waals surface area contributed by atoms with Gasteiger partial charge in [-0.15, -0.1) is 0 Å². The molecule has 2 N–H and O–H groups in total. The highest BCUT2D eigenvalue weighted by atomic mass is 16.3. The normalized spacial score (nSPS) is 11.3. The summed E-state index contributed by atoms with van der Waals surface area (Å²) in [5.74, 6) is 0.550. The van der Waals surface area contributed by atoms with Gasteiger partial charge in [-0.2, -0.15) is 0 Å². The minimum atomic E-state index is 0.253. The Morgan fingerprint density at radius 3 is 2.21 bits per heavy atom. The molecule has 2 nitrogen and oxygen atoms in total. The van der Waals surface area contributed by atoms with Crippen LogP contribution in [-0.2, 0) is 6.42 Å². The predicted molar refractivity (Wildman–Crippen MR) is 105 cm³/mol. The van der Waals surface area contributed by atoms with Crippen LogP contribution in [0.25, 0.3) is 6.08 Å². The second-order valence-corrected chi connectivity index (χ2v) is 6.85. The molecule has 0 atom stereocenters. The van der Waals surface area contributed by atoms with E-state index < -0.39 is 0 Å². The van der Waals surface area contributed by atoms with Crippen LogP contribution in [0.3, 0.4) is 0 Å². The minimum Gasteiger partial charge on any atom is -0.508 e. The maximum absolute atomic E-state index is 10.5. The van der Waals surface area contributed by atoms with Crippen molar-refractivity contribution in [2.24, 2.45) is 0 Å². The molecule has 0 bridgehead atoms. The fraction of sp³-hybridized carbons (Fsp3) is 0.545. The lowest BCUT2D eigenvalue weighted by molar-refractivity contribution is 0.448. The summed E-state index contributed by atoms with van der Waals surface area (Å²) < 4.78 is 0. The van der Waals surface area contributed by atoms with Crippen molar-refractivity contribution in [1.29, 1.82) is 0 Å². The molecule has 1 aromatic carbocycles. The standard InChI is InChI=1S/C22H34O2/c1-5-6-7-8-9-10-11-12-13-19-16-21(23)18(4)20(22(19)24)15-14-17(2)3/h14-16,23-24H,2,5-13H2,1,3-4H3. The average molecular weight is 331 g/mol. The molecule has 24 heavy (non-hydrogen) atoms. The zero-order valence-corrected chi connectivity index (χ0v) is 15.7. The van der Waals surface area contributed by atoms with Crippen molar-refractivity contribution in [3.05, 3.63) is 41.0 Å². The highest BCUT2D eigenvalue weighted by molar-refractivity contribution is 5.67. The molecule has 0 aromatic heterocycles. The van der Waals surface area contributed by atoms with E-state index >= 15 is 0 Å². The van der Waals surface area contributed by atoms with Gasteiger partial charge in [0.1, 0.15) is 11.5 Å². The summed E-state index contributed by atoms with van der Waals surface area (Å²) in [7, 11) is 0. The van der Waals surface area contributed by atoms with E-state index in [0.29, 0.717) is 16.9 Å². The van der Waals surface area contributed by atoms with Gasteiger partial charge < -0.3 is 10.2 Å². The summed E-state index contributed by atoms with van der Waals surface area (Å²) in [5, 5.41) is 20.6. The van der Waals surface area contributed by atoms with Gasteiger partial charge in [0, 0.05) is 11.1 Å². The first-order chi connectivity index (χ1) is 11.5. The van der Waals surface area contributed by atoms with Crippen LogP contribution in [0.4, 0.5) is 0 Å². The average Bonchev–Trinajstić information content (AvgIpc) is 2.54. The zero-order valence-electron chi connectivity index (χ0n) is 15.7. The number of phenolic OH excluding ortho intramolecular Hbond substituents is 2. The third-order valence-electron chi connectivity index (χ3n) is 4.49. The van der Waals surface area contributed by atoms with E-state index in [0.717, 1.165) is 24.0 Å². The number of hydrogen-bond acceptors (Lipinski definition) is 2. The summed E-state index contributed by atoms with van der Waals surface area (Å²) in [4.78, 5) is 0. The molecule has 0 unspecified atom stereocenters. The Bertz CT molecular complexity index is 556. The van der Waals surface area contributed by atoms with E-state index in [9.17, 15) is 10.2 Å². The van der Waals surface area contributed by atoms with E-state index in [4.69, 9.17) is 0 Å². The molecule has 0 spiro atoms. The Balaban J connectivity index is 2.58. The Kier molecular flexibility index (Phi) is 9.29. The van der Waals surface area contributed by atoms with Crippen molar-refractivity contribution in [3.63, 3.8) is 0 Å². The topological polar surface area (TPSA) is 40.5 Å². The molecule has 0 fully saturated rings. The third-order valence-corrected chi connectivity index (χ3v) is 4.49. The number of rotatable bonds is 11. The number of phenols is 2. The van der Waals surface area contributed by atoms with Crippen molar-refractivity contribution in [3.8, 4) is 11.5 Å². The largest absolute Gasteiger partial charge is 0.508 e. The summed E-state index contributed by atoms with van der Waals surface area (Å²) in [6.45, 7) is 9.82.